The number of carboxylic acids is 1. The van der Waals surface area contributed by atoms with Gasteiger partial charge in [0.15, 0.2) is 5.78 Å². The van der Waals surface area contributed by atoms with Crippen molar-refractivity contribution in [3.63, 3.8) is 0 Å². The Morgan fingerprint density at radius 2 is 1.71 bits per heavy atom. The van der Waals surface area contributed by atoms with Crippen LogP contribution in [0.4, 0.5) is 0 Å². The molecule has 1 fully saturated rings. The quantitative estimate of drug-likeness (QED) is 0.861. The largest absolute Gasteiger partial charge is 0.481 e. The fourth-order valence-corrected chi connectivity index (χ4v) is 2.64. The predicted octanol–water partition coefficient (Wildman–Crippen LogP) is 2.07. The minimum absolute atomic E-state index is 0.0368. The molecular formula is C16H19NO4. The highest BCUT2D eigenvalue weighted by molar-refractivity contribution is 5.98. The first-order valence-corrected chi connectivity index (χ1v) is 7.09. The van der Waals surface area contributed by atoms with Crippen LogP contribution in [0.3, 0.4) is 0 Å². The number of carbonyl (C=O) groups excluding carboxylic acids is 2. The maximum atomic E-state index is 12.4. The molecule has 1 aromatic carbocycles. The predicted molar refractivity (Wildman–Crippen MR) is 77.3 cm³/mol. The topological polar surface area (TPSA) is 74.7 Å². The average molecular weight is 289 g/mol. The molecule has 1 N–H and O–H groups in total. The van der Waals surface area contributed by atoms with Gasteiger partial charge < -0.3 is 10.0 Å². The van der Waals surface area contributed by atoms with Crippen molar-refractivity contribution in [3.8, 4) is 0 Å². The molecule has 21 heavy (non-hydrogen) atoms. The molecule has 0 aromatic heterocycles. The number of hydrogen-bond acceptors (Lipinski definition) is 3. The molecule has 0 radical (unpaired) electrons. The van der Waals surface area contributed by atoms with E-state index in [1.807, 2.05) is 6.92 Å². The smallest absolute Gasteiger partial charge is 0.308 e. The SMILES string of the molecule is CCC(=O)c1ccc(C(=O)N2C[C@@H](C)[C@H](C(=O)O)C2)cc1. The summed E-state index contributed by atoms with van der Waals surface area (Å²) in [6, 6.07) is 6.55. The molecule has 5 nitrogen and oxygen atoms in total. The Labute approximate surface area is 123 Å². The van der Waals surface area contributed by atoms with Crippen molar-refractivity contribution in [2.75, 3.05) is 13.1 Å². The molecule has 0 bridgehead atoms. The van der Waals surface area contributed by atoms with Gasteiger partial charge in [-0.2, -0.15) is 0 Å². The average Bonchev–Trinajstić information content (AvgIpc) is 2.88. The van der Waals surface area contributed by atoms with Crippen molar-refractivity contribution in [1.29, 1.82) is 0 Å². The summed E-state index contributed by atoms with van der Waals surface area (Å²) in [5.41, 5.74) is 1.08. The van der Waals surface area contributed by atoms with Gasteiger partial charge in [-0.05, 0) is 18.1 Å². The number of nitrogens with zero attached hydrogens (tertiary/aromatic N) is 1. The van der Waals surface area contributed by atoms with Crippen molar-refractivity contribution in [2.24, 2.45) is 11.8 Å². The monoisotopic (exact) mass is 289 g/mol. The van der Waals surface area contributed by atoms with E-state index >= 15 is 0 Å². The Kier molecular flexibility index (Phi) is 4.40. The van der Waals surface area contributed by atoms with E-state index in [4.69, 9.17) is 5.11 Å². The summed E-state index contributed by atoms with van der Waals surface area (Å²) in [5, 5.41) is 9.10. The van der Waals surface area contributed by atoms with Crippen molar-refractivity contribution >= 4 is 17.7 Å². The number of carbonyl (C=O) groups is 3. The molecule has 0 saturated carbocycles. The number of aliphatic carboxylic acids is 1. The third kappa shape index (κ3) is 3.12. The molecule has 1 amide bonds. The third-order valence-corrected chi connectivity index (χ3v) is 3.99. The van der Waals surface area contributed by atoms with Crippen LogP contribution in [0.15, 0.2) is 24.3 Å². The molecule has 5 heteroatoms. The van der Waals surface area contributed by atoms with Gasteiger partial charge in [0, 0.05) is 30.6 Å². The molecule has 1 saturated heterocycles. The summed E-state index contributed by atoms with van der Waals surface area (Å²) in [4.78, 5) is 36.6. The summed E-state index contributed by atoms with van der Waals surface area (Å²) >= 11 is 0. The van der Waals surface area contributed by atoms with E-state index in [-0.39, 0.29) is 24.2 Å². The molecule has 1 heterocycles. The normalized spacial score (nSPS) is 21.3. The van der Waals surface area contributed by atoms with Gasteiger partial charge in [0.05, 0.1) is 5.92 Å². The van der Waals surface area contributed by atoms with Crippen molar-refractivity contribution in [3.05, 3.63) is 35.4 Å². The van der Waals surface area contributed by atoms with E-state index in [9.17, 15) is 14.4 Å². The lowest BCUT2D eigenvalue weighted by atomic mass is 9.99. The number of amides is 1. The fraction of sp³-hybridized carbons (Fsp3) is 0.438. The number of rotatable bonds is 4. The van der Waals surface area contributed by atoms with E-state index in [1.54, 1.807) is 36.1 Å². The van der Waals surface area contributed by atoms with Crippen LogP contribution in [0, 0.1) is 11.8 Å². The highest BCUT2D eigenvalue weighted by atomic mass is 16.4. The molecule has 1 aromatic rings. The molecule has 1 aliphatic rings. The van der Waals surface area contributed by atoms with E-state index in [0.717, 1.165) is 0 Å². The third-order valence-electron chi connectivity index (χ3n) is 3.99. The number of benzene rings is 1. The summed E-state index contributed by atoms with van der Waals surface area (Å²) in [6.45, 7) is 4.32. The Morgan fingerprint density at radius 3 is 2.19 bits per heavy atom. The summed E-state index contributed by atoms with van der Waals surface area (Å²) in [7, 11) is 0. The van der Waals surface area contributed by atoms with Crippen LogP contribution in [0.2, 0.25) is 0 Å². The maximum absolute atomic E-state index is 12.4. The Hall–Kier alpha value is -2.17. The summed E-state index contributed by atoms with van der Waals surface area (Å²) in [5.74, 6) is -1.56. The van der Waals surface area contributed by atoms with E-state index in [0.29, 0.717) is 24.1 Å². The molecular weight excluding hydrogens is 270 g/mol. The Balaban J connectivity index is 2.11. The molecule has 0 aliphatic carbocycles. The summed E-state index contributed by atoms with van der Waals surface area (Å²) < 4.78 is 0. The van der Waals surface area contributed by atoms with Crippen LogP contribution in [0.25, 0.3) is 0 Å². The Morgan fingerprint density at radius 1 is 1.14 bits per heavy atom. The van der Waals surface area contributed by atoms with Crippen LogP contribution in [-0.2, 0) is 4.79 Å². The number of ketones is 1. The van der Waals surface area contributed by atoms with Crippen molar-refractivity contribution in [1.82, 2.24) is 4.90 Å². The second-order valence-electron chi connectivity index (χ2n) is 5.49. The Bertz CT molecular complexity index is 564. The second kappa shape index (κ2) is 6.08. The highest BCUT2D eigenvalue weighted by Crippen LogP contribution is 2.24. The first-order valence-electron chi connectivity index (χ1n) is 7.09. The maximum Gasteiger partial charge on any atom is 0.308 e. The van der Waals surface area contributed by atoms with Gasteiger partial charge in [-0.3, -0.25) is 14.4 Å². The van der Waals surface area contributed by atoms with Gasteiger partial charge in [-0.15, -0.1) is 0 Å². The molecule has 0 spiro atoms. The molecule has 112 valence electrons. The van der Waals surface area contributed by atoms with E-state index < -0.39 is 11.9 Å². The minimum Gasteiger partial charge on any atom is -0.481 e. The number of carboxylic acid groups (broad SMARTS) is 1. The number of hydrogen-bond donors (Lipinski definition) is 1. The van der Waals surface area contributed by atoms with Gasteiger partial charge in [-0.1, -0.05) is 26.0 Å². The first kappa shape index (κ1) is 15.2. The van der Waals surface area contributed by atoms with Crippen LogP contribution < -0.4 is 0 Å². The zero-order valence-electron chi connectivity index (χ0n) is 12.2. The zero-order valence-corrected chi connectivity index (χ0v) is 12.2. The molecule has 2 atom stereocenters. The summed E-state index contributed by atoms with van der Waals surface area (Å²) in [6.07, 6.45) is 0.428. The van der Waals surface area contributed by atoms with Gasteiger partial charge >= 0.3 is 5.97 Å². The van der Waals surface area contributed by atoms with E-state index in [2.05, 4.69) is 0 Å². The standard InChI is InChI=1S/C16H19NO4/c1-3-14(18)11-4-6-12(7-5-11)15(19)17-8-10(2)13(9-17)16(20)21/h4-7,10,13H,3,8-9H2,1-2H3,(H,20,21)/t10-,13-/m1/s1. The van der Waals surface area contributed by atoms with Gasteiger partial charge in [0.1, 0.15) is 0 Å². The highest BCUT2D eigenvalue weighted by Gasteiger charge is 2.37. The number of Topliss-reactive ketones (excluding diaryl/α,β-unsaturated/α-hetero) is 1. The fourth-order valence-electron chi connectivity index (χ4n) is 2.64. The molecule has 1 aliphatic heterocycles. The lowest BCUT2D eigenvalue weighted by Crippen LogP contribution is -2.29. The number of likely N-dealkylation sites (tertiary alicyclic amines) is 1. The zero-order chi connectivity index (χ0) is 15.6. The van der Waals surface area contributed by atoms with Crippen LogP contribution >= 0.6 is 0 Å². The van der Waals surface area contributed by atoms with Crippen molar-refractivity contribution in [2.45, 2.75) is 20.3 Å². The minimum atomic E-state index is -0.860. The van der Waals surface area contributed by atoms with Gasteiger partial charge in [0.25, 0.3) is 5.91 Å². The van der Waals surface area contributed by atoms with Gasteiger partial charge in [-0.25, -0.2) is 0 Å². The lowest BCUT2D eigenvalue weighted by molar-refractivity contribution is -0.142. The molecule has 2 rings (SSSR count). The second-order valence-corrected chi connectivity index (χ2v) is 5.49. The molecule has 0 unspecified atom stereocenters. The van der Waals surface area contributed by atoms with Gasteiger partial charge in [0.2, 0.25) is 0 Å². The first-order chi connectivity index (χ1) is 9.93. The van der Waals surface area contributed by atoms with Crippen LogP contribution in [0.5, 0.6) is 0 Å². The lowest BCUT2D eigenvalue weighted by Gasteiger charge is -2.16. The van der Waals surface area contributed by atoms with Crippen LogP contribution in [0.1, 0.15) is 41.0 Å². The van der Waals surface area contributed by atoms with Crippen LogP contribution in [-0.4, -0.2) is 40.8 Å². The van der Waals surface area contributed by atoms with E-state index in [1.165, 1.54) is 0 Å². The van der Waals surface area contributed by atoms with Crippen molar-refractivity contribution < 1.29 is 19.5 Å².